The average molecular weight is 253 g/mol. The second-order valence-corrected chi connectivity index (χ2v) is 5.13. The molecule has 3 atom stereocenters. The maximum Gasteiger partial charge on any atom is 0.123 e. The number of rotatable bonds is 4. The van der Waals surface area contributed by atoms with E-state index in [1.807, 2.05) is 6.92 Å². The van der Waals surface area contributed by atoms with Gasteiger partial charge in [0, 0.05) is 19.2 Å². The molecule has 1 aliphatic heterocycles. The Kier molecular flexibility index (Phi) is 4.00. The second kappa shape index (κ2) is 5.34. The lowest BCUT2D eigenvalue weighted by molar-refractivity contribution is 0.0481. The van der Waals surface area contributed by atoms with Gasteiger partial charge in [-0.1, -0.05) is 12.1 Å². The minimum atomic E-state index is -1.00. The smallest absolute Gasteiger partial charge is 0.123 e. The van der Waals surface area contributed by atoms with Crippen LogP contribution in [0.2, 0.25) is 0 Å². The summed E-state index contributed by atoms with van der Waals surface area (Å²) in [5, 5.41) is 13.7. The molecule has 4 heteroatoms. The standard InChI is InChI=1S/C14H20FNO2/c1-10-13(7-8-18-10)16-9-14(2,17)11-3-5-12(15)6-4-11/h3-6,10,13,16-17H,7-9H2,1-2H3. The van der Waals surface area contributed by atoms with Crippen LogP contribution in [0.15, 0.2) is 24.3 Å². The van der Waals surface area contributed by atoms with Crippen molar-refractivity contribution in [1.29, 1.82) is 0 Å². The molecule has 1 aliphatic rings. The summed E-state index contributed by atoms with van der Waals surface area (Å²) in [5.41, 5.74) is -0.293. The molecule has 0 aliphatic carbocycles. The van der Waals surface area contributed by atoms with Gasteiger partial charge in [-0.3, -0.25) is 0 Å². The van der Waals surface area contributed by atoms with Crippen LogP contribution >= 0.6 is 0 Å². The minimum absolute atomic E-state index is 0.175. The zero-order valence-electron chi connectivity index (χ0n) is 10.8. The highest BCUT2D eigenvalue weighted by Gasteiger charge is 2.28. The molecule has 2 rings (SSSR count). The second-order valence-electron chi connectivity index (χ2n) is 5.13. The van der Waals surface area contributed by atoms with E-state index < -0.39 is 5.60 Å². The van der Waals surface area contributed by atoms with Gasteiger partial charge in [-0.2, -0.15) is 0 Å². The quantitative estimate of drug-likeness (QED) is 0.859. The summed E-state index contributed by atoms with van der Waals surface area (Å²) in [6.45, 7) is 4.94. The first kappa shape index (κ1) is 13.5. The zero-order chi connectivity index (χ0) is 13.2. The Morgan fingerprint density at radius 3 is 2.67 bits per heavy atom. The topological polar surface area (TPSA) is 41.5 Å². The maximum absolute atomic E-state index is 12.8. The molecule has 0 bridgehead atoms. The van der Waals surface area contributed by atoms with Crippen LogP contribution in [0.25, 0.3) is 0 Å². The van der Waals surface area contributed by atoms with E-state index in [0.717, 1.165) is 13.0 Å². The van der Waals surface area contributed by atoms with Gasteiger partial charge in [-0.25, -0.2) is 4.39 Å². The summed E-state index contributed by atoms with van der Waals surface area (Å²) in [4.78, 5) is 0. The normalized spacial score (nSPS) is 27.1. The van der Waals surface area contributed by atoms with Crippen molar-refractivity contribution in [1.82, 2.24) is 5.32 Å². The highest BCUT2D eigenvalue weighted by Crippen LogP contribution is 2.21. The van der Waals surface area contributed by atoms with Gasteiger partial charge in [0.15, 0.2) is 0 Å². The van der Waals surface area contributed by atoms with Crippen molar-refractivity contribution in [3.05, 3.63) is 35.6 Å². The summed E-state index contributed by atoms with van der Waals surface area (Å²) in [6, 6.07) is 6.24. The van der Waals surface area contributed by atoms with Crippen molar-refractivity contribution < 1.29 is 14.2 Å². The molecule has 0 saturated carbocycles. The SMILES string of the molecule is CC1OCCC1NCC(C)(O)c1ccc(F)cc1. The molecule has 0 spiro atoms. The molecule has 1 aromatic rings. The number of aliphatic hydroxyl groups is 1. The van der Waals surface area contributed by atoms with Crippen molar-refractivity contribution >= 4 is 0 Å². The van der Waals surface area contributed by atoms with Gasteiger partial charge in [-0.15, -0.1) is 0 Å². The zero-order valence-corrected chi connectivity index (χ0v) is 10.8. The Morgan fingerprint density at radius 2 is 2.11 bits per heavy atom. The van der Waals surface area contributed by atoms with Gasteiger partial charge in [-0.05, 0) is 38.0 Å². The number of nitrogens with one attached hydrogen (secondary N) is 1. The first-order valence-corrected chi connectivity index (χ1v) is 6.32. The van der Waals surface area contributed by atoms with Gasteiger partial charge >= 0.3 is 0 Å². The lowest BCUT2D eigenvalue weighted by Crippen LogP contribution is -2.43. The molecule has 100 valence electrons. The lowest BCUT2D eigenvalue weighted by atomic mass is 9.95. The van der Waals surface area contributed by atoms with Crippen LogP contribution in [0.1, 0.15) is 25.8 Å². The molecule has 3 nitrogen and oxygen atoms in total. The fourth-order valence-corrected chi connectivity index (χ4v) is 2.24. The molecule has 2 N–H and O–H groups in total. The van der Waals surface area contributed by atoms with E-state index in [-0.39, 0.29) is 18.0 Å². The minimum Gasteiger partial charge on any atom is -0.384 e. The summed E-state index contributed by atoms with van der Waals surface area (Å²) in [6.07, 6.45) is 1.13. The van der Waals surface area contributed by atoms with Crippen LogP contribution in [0, 0.1) is 5.82 Å². The van der Waals surface area contributed by atoms with Crippen molar-refractivity contribution in [2.75, 3.05) is 13.2 Å². The lowest BCUT2D eigenvalue weighted by Gasteiger charge is -2.27. The van der Waals surface area contributed by atoms with Gasteiger partial charge in [0.25, 0.3) is 0 Å². The van der Waals surface area contributed by atoms with E-state index in [9.17, 15) is 9.50 Å². The average Bonchev–Trinajstić information content (AvgIpc) is 2.73. The Bertz CT molecular complexity index is 391. The molecule has 1 aromatic carbocycles. The largest absolute Gasteiger partial charge is 0.384 e. The molecular weight excluding hydrogens is 233 g/mol. The number of hydrogen-bond acceptors (Lipinski definition) is 3. The summed E-state index contributed by atoms with van der Waals surface area (Å²) in [7, 11) is 0. The van der Waals surface area contributed by atoms with Crippen LogP contribution in [-0.2, 0) is 10.3 Å². The van der Waals surface area contributed by atoms with Crippen LogP contribution in [0.4, 0.5) is 4.39 Å². The molecule has 0 radical (unpaired) electrons. The van der Waals surface area contributed by atoms with Gasteiger partial charge in [0.2, 0.25) is 0 Å². The third-order valence-corrected chi connectivity index (χ3v) is 3.55. The maximum atomic E-state index is 12.8. The molecule has 1 heterocycles. The molecule has 18 heavy (non-hydrogen) atoms. The van der Waals surface area contributed by atoms with Crippen molar-refractivity contribution in [3.8, 4) is 0 Å². The number of halogens is 1. The molecule has 0 aromatic heterocycles. The Balaban J connectivity index is 1.96. The van der Waals surface area contributed by atoms with Crippen LogP contribution in [-0.4, -0.2) is 30.4 Å². The highest BCUT2D eigenvalue weighted by molar-refractivity contribution is 5.22. The highest BCUT2D eigenvalue weighted by atomic mass is 19.1. The van der Waals surface area contributed by atoms with E-state index >= 15 is 0 Å². The number of ether oxygens (including phenoxy) is 1. The Morgan fingerprint density at radius 1 is 1.44 bits per heavy atom. The number of hydrogen-bond donors (Lipinski definition) is 2. The van der Waals surface area contributed by atoms with Gasteiger partial charge in [0.1, 0.15) is 5.82 Å². The molecule has 1 saturated heterocycles. The Hall–Kier alpha value is -0.970. The first-order chi connectivity index (χ1) is 8.49. The fraction of sp³-hybridized carbons (Fsp3) is 0.571. The molecule has 0 amide bonds. The number of benzene rings is 1. The van der Waals surface area contributed by atoms with Crippen LogP contribution < -0.4 is 5.32 Å². The molecule has 3 unspecified atom stereocenters. The fourth-order valence-electron chi connectivity index (χ4n) is 2.24. The monoisotopic (exact) mass is 253 g/mol. The van der Waals surface area contributed by atoms with E-state index in [1.165, 1.54) is 12.1 Å². The molecule has 1 fully saturated rings. The first-order valence-electron chi connectivity index (χ1n) is 6.32. The van der Waals surface area contributed by atoms with Crippen molar-refractivity contribution in [2.45, 2.75) is 38.0 Å². The van der Waals surface area contributed by atoms with Crippen LogP contribution in [0.3, 0.4) is 0 Å². The third kappa shape index (κ3) is 3.07. The Labute approximate surface area is 107 Å². The van der Waals surface area contributed by atoms with E-state index in [0.29, 0.717) is 12.1 Å². The summed E-state index contributed by atoms with van der Waals surface area (Å²) in [5.74, 6) is -0.291. The molecular formula is C14H20FNO2. The van der Waals surface area contributed by atoms with Crippen molar-refractivity contribution in [3.63, 3.8) is 0 Å². The summed E-state index contributed by atoms with van der Waals surface area (Å²) < 4.78 is 18.3. The van der Waals surface area contributed by atoms with E-state index in [1.54, 1.807) is 19.1 Å². The third-order valence-electron chi connectivity index (χ3n) is 3.55. The predicted molar refractivity (Wildman–Crippen MR) is 67.8 cm³/mol. The van der Waals surface area contributed by atoms with Crippen LogP contribution in [0.5, 0.6) is 0 Å². The van der Waals surface area contributed by atoms with E-state index in [2.05, 4.69) is 5.32 Å². The van der Waals surface area contributed by atoms with E-state index in [4.69, 9.17) is 4.74 Å². The van der Waals surface area contributed by atoms with Crippen molar-refractivity contribution in [2.24, 2.45) is 0 Å². The van der Waals surface area contributed by atoms with Gasteiger partial charge in [0.05, 0.1) is 11.7 Å². The predicted octanol–water partition coefficient (Wildman–Crippen LogP) is 1.80. The summed E-state index contributed by atoms with van der Waals surface area (Å²) >= 11 is 0. The van der Waals surface area contributed by atoms with Gasteiger partial charge < -0.3 is 15.2 Å².